The SMILES string of the molecule is CCCc1nn(C)c2c(=O)[nH]c(-c3ccc[nH]c3=O)nc12. The second-order valence-corrected chi connectivity index (χ2v) is 4.84. The van der Waals surface area contributed by atoms with Crippen LogP contribution in [-0.4, -0.2) is 24.7 Å². The predicted octanol–water partition coefficient (Wildman–Crippen LogP) is 0.964. The summed E-state index contributed by atoms with van der Waals surface area (Å²) in [5, 5.41) is 4.35. The van der Waals surface area contributed by atoms with Crippen LogP contribution in [0.15, 0.2) is 27.9 Å². The molecule has 0 aliphatic heterocycles. The van der Waals surface area contributed by atoms with Crippen molar-refractivity contribution in [1.29, 1.82) is 0 Å². The van der Waals surface area contributed by atoms with Crippen molar-refractivity contribution in [3.63, 3.8) is 0 Å². The number of aromatic nitrogens is 5. The quantitative estimate of drug-likeness (QED) is 0.749. The lowest BCUT2D eigenvalue weighted by Gasteiger charge is -2.00. The molecule has 0 unspecified atom stereocenters. The van der Waals surface area contributed by atoms with E-state index in [4.69, 9.17) is 0 Å². The van der Waals surface area contributed by atoms with E-state index >= 15 is 0 Å². The Morgan fingerprint density at radius 3 is 2.81 bits per heavy atom. The van der Waals surface area contributed by atoms with Gasteiger partial charge in [-0.25, -0.2) is 4.98 Å². The smallest absolute Gasteiger partial charge is 0.277 e. The van der Waals surface area contributed by atoms with E-state index in [1.54, 1.807) is 19.2 Å². The molecule has 0 aromatic carbocycles. The van der Waals surface area contributed by atoms with E-state index in [1.165, 1.54) is 10.9 Å². The van der Waals surface area contributed by atoms with E-state index in [0.717, 1.165) is 18.5 Å². The van der Waals surface area contributed by atoms with Gasteiger partial charge in [-0.15, -0.1) is 0 Å². The van der Waals surface area contributed by atoms with Crippen LogP contribution in [0.2, 0.25) is 0 Å². The van der Waals surface area contributed by atoms with Gasteiger partial charge >= 0.3 is 0 Å². The molecule has 0 aliphatic carbocycles. The fraction of sp³-hybridized carbons (Fsp3) is 0.286. The van der Waals surface area contributed by atoms with Gasteiger partial charge in [0.15, 0.2) is 5.52 Å². The lowest BCUT2D eigenvalue weighted by atomic mass is 10.2. The molecule has 0 saturated carbocycles. The maximum absolute atomic E-state index is 12.3. The molecule has 0 spiro atoms. The molecule has 3 heterocycles. The maximum Gasteiger partial charge on any atom is 0.277 e. The monoisotopic (exact) mass is 285 g/mol. The highest BCUT2D eigenvalue weighted by Crippen LogP contribution is 2.16. The summed E-state index contributed by atoms with van der Waals surface area (Å²) in [4.78, 5) is 33.8. The molecule has 0 aliphatic rings. The third-order valence-electron chi connectivity index (χ3n) is 3.32. The number of pyridine rings is 1. The van der Waals surface area contributed by atoms with Gasteiger partial charge in [-0.05, 0) is 18.6 Å². The van der Waals surface area contributed by atoms with Crippen molar-refractivity contribution in [1.82, 2.24) is 24.7 Å². The lowest BCUT2D eigenvalue weighted by Crippen LogP contribution is -2.16. The molecule has 7 nitrogen and oxygen atoms in total. The summed E-state index contributed by atoms with van der Waals surface area (Å²) in [5.41, 5.74) is 1.50. The average molecular weight is 285 g/mol. The number of hydrogen-bond donors (Lipinski definition) is 2. The largest absolute Gasteiger partial charge is 0.328 e. The Hall–Kier alpha value is -2.70. The Morgan fingerprint density at radius 2 is 2.10 bits per heavy atom. The summed E-state index contributed by atoms with van der Waals surface area (Å²) in [6, 6.07) is 3.32. The highest BCUT2D eigenvalue weighted by atomic mass is 16.1. The van der Waals surface area contributed by atoms with E-state index in [2.05, 4.69) is 20.1 Å². The molecular weight excluding hydrogens is 270 g/mol. The van der Waals surface area contributed by atoms with Gasteiger partial charge in [0.25, 0.3) is 11.1 Å². The highest BCUT2D eigenvalue weighted by molar-refractivity contribution is 5.78. The van der Waals surface area contributed by atoms with Gasteiger partial charge in [-0.1, -0.05) is 13.3 Å². The fourth-order valence-corrected chi connectivity index (χ4v) is 2.39. The summed E-state index contributed by atoms with van der Waals surface area (Å²) in [6.45, 7) is 2.04. The molecule has 108 valence electrons. The van der Waals surface area contributed by atoms with Crippen molar-refractivity contribution in [2.24, 2.45) is 7.05 Å². The zero-order chi connectivity index (χ0) is 15.0. The summed E-state index contributed by atoms with van der Waals surface area (Å²) in [6.07, 6.45) is 3.18. The third kappa shape index (κ3) is 2.16. The van der Waals surface area contributed by atoms with Crippen LogP contribution in [0.5, 0.6) is 0 Å². The molecule has 21 heavy (non-hydrogen) atoms. The molecule has 3 rings (SSSR count). The number of hydrogen-bond acceptors (Lipinski definition) is 4. The molecule has 0 atom stereocenters. The Balaban J connectivity index is 2.32. The summed E-state index contributed by atoms with van der Waals surface area (Å²) >= 11 is 0. The number of fused-ring (bicyclic) bond motifs is 1. The topological polar surface area (TPSA) is 96.4 Å². The number of nitrogens with one attached hydrogen (secondary N) is 2. The normalized spacial score (nSPS) is 11.1. The molecule has 2 N–H and O–H groups in total. The van der Waals surface area contributed by atoms with Gasteiger partial charge < -0.3 is 9.97 Å². The van der Waals surface area contributed by atoms with E-state index in [0.29, 0.717) is 16.6 Å². The molecule has 0 saturated heterocycles. The van der Waals surface area contributed by atoms with Crippen LogP contribution in [0.4, 0.5) is 0 Å². The second kappa shape index (κ2) is 5.01. The van der Waals surface area contributed by atoms with Crippen LogP contribution in [0, 0.1) is 0 Å². The van der Waals surface area contributed by atoms with E-state index in [-0.39, 0.29) is 16.9 Å². The van der Waals surface area contributed by atoms with E-state index in [9.17, 15) is 9.59 Å². The van der Waals surface area contributed by atoms with Gasteiger partial charge in [0.2, 0.25) is 0 Å². The van der Waals surface area contributed by atoms with Gasteiger partial charge in [-0.3, -0.25) is 14.3 Å². The predicted molar refractivity (Wildman–Crippen MR) is 79.2 cm³/mol. The molecule has 0 fully saturated rings. The number of rotatable bonds is 3. The lowest BCUT2D eigenvalue weighted by molar-refractivity contribution is 0.751. The van der Waals surface area contributed by atoms with Crippen LogP contribution in [0.25, 0.3) is 22.4 Å². The summed E-state index contributed by atoms with van der Waals surface area (Å²) < 4.78 is 1.53. The Bertz CT molecular complexity index is 919. The van der Waals surface area contributed by atoms with Crippen LogP contribution in [-0.2, 0) is 13.5 Å². The number of nitrogens with zero attached hydrogens (tertiary/aromatic N) is 3. The molecule has 0 radical (unpaired) electrons. The highest BCUT2D eigenvalue weighted by Gasteiger charge is 2.16. The van der Waals surface area contributed by atoms with E-state index in [1.807, 2.05) is 6.92 Å². The standard InChI is InChI=1S/C14H15N5O2/c1-3-5-9-10-11(19(2)18-9)14(21)17-12(16-10)8-6-4-7-15-13(8)20/h4,6-7H,3,5H2,1-2H3,(H,15,20)(H,16,17,21). The minimum absolute atomic E-state index is 0.264. The Morgan fingerprint density at radius 1 is 1.29 bits per heavy atom. The summed E-state index contributed by atoms with van der Waals surface area (Å²) in [5.74, 6) is 0.264. The molecule has 7 heteroatoms. The van der Waals surface area contributed by atoms with Crippen LogP contribution < -0.4 is 11.1 Å². The fourth-order valence-electron chi connectivity index (χ4n) is 2.39. The van der Waals surface area contributed by atoms with Crippen molar-refractivity contribution in [2.45, 2.75) is 19.8 Å². The Kier molecular flexibility index (Phi) is 3.17. The minimum atomic E-state index is -0.296. The van der Waals surface area contributed by atoms with Crippen molar-refractivity contribution in [3.8, 4) is 11.4 Å². The molecule has 0 amide bonds. The first kappa shape index (κ1) is 13.3. The van der Waals surface area contributed by atoms with Gasteiger partial charge in [0.05, 0.1) is 11.3 Å². The molecule has 3 aromatic rings. The zero-order valence-corrected chi connectivity index (χ0v) is 11.8. The van der Waals surface area contributed by atoms with Crippen LogP contribution in [0.3, 0.4) is 0 Å². The van der Waals surface area contributed by atoms with Gasteiger partial charge in [0.1, 0.15) is 11.3 Å². The second-order valence-electron chi connectivity index (χ2n) is 4.84. The van der Waals surface area contributed by atoms with E-state index < -0.39 is 0 Å². The third-order valence-corrected chi connectivity index (χ3v) is 3.32. The van der Waals surface area contributed by atoms with Crippen molar-refractivity contribution in [2.75, 3.05) is 0 Å². The minimum Gasteiger partial charge on any atom is -0.328 e. The number of H-pyrrole nitrogens is 2. The number of aryl methyl sites for hydroxylation is 2. The van der Waals surface area contributed by atoms with Crippen molar-refractivity contribution < 1.29 is 0 Å². The van der Waals surface area contributed by atoms with Gasteiger partial charge in [0, 0.05) is 13.2 Å². The first-order valence-electron chi connectivity index (χ1n) is 6.75. The first-order chi connectivity index (χ1) is 10.1. The zero-order valence-electron chi connectivity index (χ0n) is 11.8. The molecular formula is C14H15N5O2. The first-order valence-corrected chi connectivity index (χ1v) is 6.75. The molecule has 0 bridgehead atoms. The summed E-state index contributed by atoms with van der Waals surface area (Å²) in [7, 11) is 1.72. The van der Waals surface area contributed by atoms with Crippen LogP contribution in [0.1, 0.15) is 19.0 Å². The Labute approximate surface area is 119 Å². The maximum atomic E-state index is 12.3. The molecule has 3 aromatic heterocycles. The van der Waals surface area contributed by atoms with Crippen molar-refractivity contribution >= 4 is 11.0 Å². The van der Waals surface area contributed by atoms with Gasteiger partial charge in [-0.2, -0.15) is 5.10 Å². The average Bonchev–Trinajstić information content (AvgIpc) is 2.77. The van der Waals surface area contributed by atoms with Crippen molar-refractivity contribution in [3.05, 3.63) is 44.7 Å². The van der Waals surface area contributed by atoms with Crippen LogP contribution >= 0.6 is 0 Å². The number of aromatic amines is 2.